The van der Waals surface area contributed by atoms with Gasteiger partial charge in [0.15, 0.2) is 0 Å². The average molecular weight is 498 g/mol. The van der Waals surface area contributed by atoms with Crippen molar-refractivity contribution in [3.05, 3.63) is 51.5 Å². The molecule has 5 nitrogen and oxygen atoms in total. The number of hydrogen-bond donors (Lipinski definition) is 4. The number of carboxylic acids is 1. The molecular weight excluding hydrogens is 471 g/mol. The van der Waals surface area contributed by atoms with Gasteiger partial charge in [-0.15, -0.1) is 0 Å². The van der Waals surface area contributed by atoms with Gasteiger partial charge in [-0.05, 0) is 66.2 Å². The monoisotopic (exact) mass is 497 g/mol. The lowest BCUT2D eigenvalue weighted by Gasteiger charge is -2.40. The summed E-state index contributed by atoms with van der Waals surface area (Å²) in [5, 5.41) is 33.2. The van der Waals surface area contributed by atoms with E-state index in [4.69, 9.17) is 11.6 Å². The zero-order chi connectivity index (χ0) is 25.2. The van der Waals surface area contributed by atoms with Crippen molar-refractivity contribution < 1.29 is 33.3 Å². The maximum Gasteiger partial charge on any atom is 0.416 e. The minimum Gasteiger partial charge on any atom is -0.507 e. The normalized spacial score (nSPS) is 25.5. The molecule has 0 spiro atoms. The largest absolute Gasteiger partial charge is 0.507 e. The first-order chi connectivity index (χ1) is 15.7. The number of phenolic OH excluding ortho intramolecular Hbond substituents is 1. The van der Waals surface area contributed by atoms with Crippen LogP contribution in [0.25, 0.3) is 0 Å². The Kier molecular flexibility index (Phi) is 5.75. The van der Waals surface area contributed by atoms with Crippen molar-refractivity contribution in [1.82, 2.24) is 0 Å². The van der Waals surface area contributed by atoms with Crippen molar-refractivity contribution in [1.29, 1.82) is 0 Å². The van der Waals surface area contributed by atoms with Gasteiger partial charge >= 0.3 is 12.1 Å². The van der Waals surface area contributed by atoms with Crippen molar-refractivity contribution in [2.75, 3.05) is 5.32 Å². The van der Waals surface area contributed by atoms with Crippen molar-refractivity contribution in [3.8, 4) is 11.5 Å². The molecule has 2 saturated carbocycles. The van der Waals surface area contributed by atoms with Gasteiger partial charge in [0.1, 0.15) is 17.1 Å². The second kappa shape index (κ2) is 7.97. The van der Waals surface area contributed by atoms with Crippen LogP contribution >= 0.6 is 11.6 Å². The van der Waals surface area contributed by atoms with Gasteiger partial charge in [-0.1, -0.05) is 32.4 Å². The first-order valence-corrected chi connectivity index (χ1v) is 11.5. The van der Waals surface area contributed by atoms with Gasteiger partial charge in [0.05, 0.1) is 10.6 Å². The Balaban J connectivity index is 1.71. The summed E-state index contributed by atoms with van der Waals surface area (Å²) in [5.74, 6) is -1.67. The molecule has 9 heteroatoms. The number of aromatic carboxylic acids is 1. The molecule has 2 aliphatic rings. The fourth-order valence-corrected chi connectivity index (χ4v) is 6.25. The Morgan fingerprint density at radius 1 is 1.15 bits per heavy atom. The summed E-state index contributed by atoms with van der Waals surface area (Å²) in [6.45, 7) is 6.37. The van der Waals surface area contributed by atoms with Crippen molar-refractivity contribution >= 4 is 23.3 Å². The van der Waals surface area contributed by atoms with Crippen LogP contribution in [0.15, 0.2) is 24.3 Å². The number of alkyl halides is 3. The van der Waals surface area contributed by atoms with Crippen LogP contribution in [0.5, 0.6) is 11.5 Å². The number of fused-ring (bicyclic) bond motifs is 2. The van der Waals surface area contributed by atoms with Crippen LogP contribution in [0.2, 0.25) is 5.02 Å². The number of benzene rings is 2. The number of aromatic hydroxyl groups is 2. The maximum atomic E-state index is 13.2. The van der Waals surface area contributed by atoms with E-state index >= 15 is 0 Å². The number of rotatable bonds is 5. The third kappa shape index (κ3) is 3.76. The number of nitrogens with one attached hydrogen (secondary N) is 1. The Morgan fingerprint density at radius 2 is 1.82 bits per heavy atom. The molecule has 34 heavy (non-hydrogen) atoms. The molecule has 2 fully saturated rings. The van der Waals surface area contributed by atoms with Crippen LogP contribution in [0.3, 0.4) is 0 Å². The fourth-order valence-electron chi connectivity index (χ4n) is 6.01. The van der Waals surface area contributed by atoms with E-state index < -0.39 is 28.5 Å². The summed E-state index contributed by atoms with van der Waals surface area (Å²) in [6, 6.07) is 4.36. The number of carbonyl (C=O) groups is 1. The second-order valence-electron chi connectivity index (χ2n) is 10.2. The number of carboxylic acid groups (broad SMARTS) is 1. The smallest absolute Gasteiger partial charge is 0.416 e. The molecule has 3 unspecified atom stereocenters. The molecule has 4 rings (SSSR count). The van der Waals surface area contributed by atoms with E-state index in [1.54, 1.807) is 6.07 Å². The van der Waals surface area contributed by atoms with Crippen molar-refractivity contribution in [3.63, 3.8) is 0 Å². The van der Waals surface area contributed by atoms with E-state index in [9.17, 15) is 33.3 Å². The molecule has 4 N–H and O–H groups in total. The van der Waals surface area contributed by atoms with Gasteiger partial charge in [-0.3, -0.25) is 0 Å². The van der Waals surface area contributed by atoms with E-state index in [1.165, 1.54) is 6.07 Å². The molecule has 184 valence electrons. The van der Waals surface area contributed by atoms with Gasteiger partial charge in [-0.2, -0.15) is 13.2 Å². The predicted octanol–water partition coefficient (Wildman–Crippen LogP) is 7.01. The number of anilines is 1. The third-order valence-electron chi connectivity index (χ3n) is 8.49. The topological polar surface area (TPSA) is 89.8 Å². The highest BCUT2D eigenvalue weighted by molar-refractivity contribution is 6.32. The van der Waals surface area contributed by atoms with E-state index in [1.807, 2.05) is 0 Å². The lowest BCUT2D eigenvalue weighted by atomic mass is 9.65. The number of hydrogen-bond acceptors (Lipinski definition) is 4. The van der Waals surface area contributed by atoms with E-state index in [2.05, 4.69) is 26.1 Å². The lowest BCUT2D eigenvalue weighted by Crippen LogP contribution is -2.31. The molecule has 2 bridgehead atoms. The van der Waals surface area contributed by atoms with E-state index in [0.717, 1.165) is 25.3 Å². The zero-order valence-electron chi connectivity index (χ0n) is 19.1. The highest BCUT2D eigenvalue weighted by atomic mass is 35.5. The Morgan fingerprint density at radius 3 is 2.35 bits per heavy atom. The molecular formula is C25H27ClF3NO4. The van der Waals surface area contributed by atoms with E-state index in [0.29, 0.717) is 23.2 Å². The molecule has 0 aromatic heterocycles. The average Bonchev–Trinajstić information content (AvgIpc) is 3.08. The van der Waals surface area contributed by atoms with Crippen LogP contribution in [-0.4, -0.2) is 21.3 Å². The van der Waals surface area contributed by atoms with Gasteiger partial charge in [0.2, 0.25) is 0 Å². The molecule has 0 radical (unpaired) electrons. The fraction of sp³-hybridized carbons (Fsp3) is 0.480. The van der Waals surface area contributed by atoms with Crippen LogP contribution in [-0.2, 0) is 12.7 Å². The summed E-state index contributed by atoms with van der Waals surface area (Å²) in [6.07, 6.45) is -1.77. The van der Waals surface area contributed by atoms with Crippen LogP contribution in [0.1, 0.15) is 73.0 Å². The highest BCUT2D eigenvalue weighted by Crippen LogP contribution is 2.71. The predicted molar refractivity (Wildman–Crippen MR) is 122 cm³/mol. The lowest BCUT2D eigenvalue weighted by molar-refractivity contribution is -0.137. The Hall–Kier alpha value is -2.61. The first-order valence-electron chi connectivity index (χ1n) is 11.1. The molecule has 0 saturated heterocycles. The molecule has 0 heterocycles. The minimum absolute atomic E-state index is 0.0253. The highest BCUT2D eigenvalue weighted by Gasteiger charge is 2.61. The van der Waals surface area contributed by atoms with Gasteiger partial charge in [-0.25, -0.2) is 4.79 Å². The summed E-state index contributed by atoms with van der Waals surface area (Å²) >= 11 is 5.80. The SMILES string of the molecule is CC1(C)C2CCC1(C)C(c1cc(NCc3cc(C(F)(F)F)cc(Cl)c3O)cc(C(=O)O)c1O)C2. The van der Waals surface area contributed by atoms with Crippen molar-refractivity contribution in [2.45, 2.75) is 58.7 Å². The number of phenols is 2. The molecule has 2 aromatic carbocycles. The third-order valence-corrected chi connectivity index (χ3v) is 8.78. The van der Waals surface area contributed by atoms with Gasteiger partial charge < -0.3 is 20.6 Å². The van der Waals surface area contributed by atoms with Crippen molar-refractivity contribution in [2.24, 2.45) is 16.7 Å². The molecule has 0 amide bonds. The summed E-state index contributed by atoms with van der Waals surface area (Å²) < 4.78 is 39.5. The van der Waals surface area contributed by atoms with Gasteiger partial charge in [0.25, 0.3) is 0 Å². The van der Waals surface area contributed by atoms with Crippen LogP contribution in [0.4, 0.5) is 18.9 Å². The quantitative estimate of drug-likeness (QED) is 0.334. The summed E-state index contributed by atoms with van der Waals surface area (Å²) in [5.41, 5.74) is -0.626. The van der Waals surface area contributed by atoms with Crippen LogP contribution < -0.4 is 5.32 Å². The van der Waals surface area contributed by atoms with Crippen LogP contribution in [0, 0.1) is 16.7 Å². The minimum atomic E-state index is -4.64. The molecule has 2 aliphatic carbocycles. The Labute approximate surface area is 200 Å². The second-order valence-corrected chi connectivity index (χ2v) is 10.7. The molecule has 3 atom stereocenters. The first kappa shape index (κ1) is 24.5. The maximum absolute atomic E-state index is 13.2. The number of halogens is 4. The Bertz CT molecular complexity index is 1160. The standard InChI is InChI=1S/C25H27ClF3NO4/c1-23(2)13-4-5-24(23,3)18(7-13)16-9-15(10-17(21(16)32)22(33)34)30-11-12-6-14(25(27,28)29)8-19(26)20(12)31/h6,8-10,13,18,30-32H,4-5,7,11H2,1-3H3,(H,33,34). The molecule has 0 aliphatic heterocycles. The van der Waals surface area contributed by atoms with Gasteiger partial charge in [0, 0.05) is 23.4 Å². The molecule has 2 aromatic rings. The summed E-state index contributed by atoms with van der Waals surface area (Å²) in [7, 11) is 0. The zero-order valence-corrected chi connectivity index (χ0v) is 19.8. The summed E-state index contributed by atoms with van der Waals surface area (Å²) in [4.78, 5) is 11.9. The van der Waals surface area contributed by atoms with E-state index in [-0.39, 0.29) is 40.2 Å².